The van der Waals surface area contributed by atoms with Crippen LogP contribution in [0.1, 0.15) is 30.1 Å². The number of amides is 3. The number of fused-ring (bicyclic) bond motifs is 4. The number of carbonyl (C=O) groups excluding carboxylic acids is 2. The summed E-state index contributed by atoms with van der Waals surface area (Å²) in [6.07, 6.45) is 5.15. The van der Waals surface area contributed by atoms with Gasteiger partial charge < -0.3 is 20.0 Å². The summed E-state index contributed by atoms with van der Waals surface area (Å²) in [6.45, 7) is 4.70. The monoisotopic (exact) mass is 346 g/mol. The van der Waals surface area contributed by atoms with Crippen LogP contribution in [-0.2, 0) is 0 Å². The fraction of sp³-hybridized carbons (Fsp3) is 0.647. The van der Waals surface area contributed by atoms with Gasteiger partial charge in [-0.2, -0.15) is 0 Å². The van der Waals surface area contributed by atoms with Gasteiger partial charge >= 0.3 is 6.03 Å². The Labute approximate surface area is 148 Å². The highest BCUT2D eigenvalue weighted by Crippen LogP contribution is 2.29. The first kappa shape index (κ1) is 17.4. The molecule has 3 saturated heterocycles. The lowest BCUT2D eigenvalue weighted by Crippen LogP contribution is -2.48. The normalized spacial score (nSPS) is 22.5. The van der Waals surface area contributed by atoms with Crippen molar-refractivity contribution in [2.75, 3.05) is 45.6 Å². The molecule has 0 unspecified atom stereocenters. The molecule has 0 radical (unpaired) electrons. The Bertz CT molecular complexity index is 633. The minimum Gasteiger partial charge on any atom is -0.355 e. The van der Waals surface area contributed by atoms with E-state index in [0.29, 0.717) is 37.1 Å². The van der Waals surface area contributed by atoms with Crippen LogP contribution >= 0.6 is 0 Å². The predicted octanol–water partition coefficient (Wildman–Crippen LogP) is 1.13. The standard InChI is InChI=1S/C17H26N6O2/c1-4-18-16-19-7-13(8-20-16)15(24)23-10-12-5-6-14(23)11-22(9-12)17(25)21(2)3/h7-8,12,14H,4-6,9-11H2,1-3H3,(H,18,19,20)/t12-,14+/m0/s1. The van der Waals surface area contributed by atoms with Crippen LogP contribution in [0.25, 0.3) is 0 Å². The maximum Gasteiger partial charge on any atom is 0.319 e. The van der Waals surface area contributed by atoms with Gasteiger partial charge in [-0.3, -0.25) is 4.79 Å². The van der Waals surface area contributed by atoms with Crippen LogP contribution in [0.3, 0.4) is 0 Å². The molecule has 2 bridgehead atoms. The first-order valence-corrected chi connectivity index (χ1v) is 8.82. The van der Waals surface area contributed by atoms with Crippen LogP contribution in [0.5, 0.6) is 0 Å². The van der Waals surface area contributed by atoms with Crippen molar-refractivity contribution in [2.45, 2.75) is 25.8 Å². The first-order valence-electron chi connectivity index (χ1n) is 8.82. The SMILES string of the molecule is CCNc1ncc(C(=O)N2C[C@H]3CC[C@@H]2CN(C(=O)N(C)C)C3)cn1. The third-order valence-electron chi connectivity index (χ3n) is 4.86. The Morgan fingerprint density at radius 1 is 1.20 bits per heavy atom. The minimum atomic E-state index is -0.0445. The Balaban J connectivity index is 1.74. The van der Waals surface area contributed by atoms with Crippen LogP contribution in [-0.4, -0.2) is 82.9 Å². The third-order valence-corrected chi connectivity index (χ3v) is 4.86. The van der Waals surface area contributed by atoms with E-state index in [-0.39, 0.29) is 18.0 Å². The largest absolute Gasteiger partial charge is 0.355 e. The number of anilines is 1. The Morgan fingerprint density at radius 2 is 1.92 bits per heavy atom. The highest BCUT2D eigenvalue weighted by Gasteiger charge is 2.39. The molecule has 1 aromatic rings. The fourth-order valence-corrected chi connectivity index (χ4v) is 3.62. The number of piperidine rings is 1. The number of nitrogens with one attached hydrogen (secondary N) is 1. The molecule has 0 saturated carbocycles. The second-order valence-corrected chi connectivity index (χ2v) is 6.96. The van der Waals surface area contributed by atoms with Crippen LogP contribution in [0.2, 0.25) is 0 Å². The molecule has 4 rings (SSSR count). The van der Waals surface area contributed by atoms with Gasteiger partial charge in [0.15, 0.2) is 0 Å². The van der Waals surface area contributed by atoms with Crippen LogP contribution in [0.15, 0.2) is 12.4 Å². The summed E-state index contributed by atoms with van der Waals surface area (Å²) in [4.78, 5) is 39.0. The van der Waals surface area contributed by atoms with E-state index in [4.69, 9.17) is 0 Å². The zero-order valence-electron chi connectivity index (χ0n) is 15.1. The molecular formula is C17H26N6O2. The van der Waals surface area contributed by atoms with Gasteiger partial charge in [0.25, 0.3) is 5.91 Å². The summed E-state index contributed by atoms with van der Waals surface area (Å²) >= 11 is 0. The molecule has 0 aliphatic carbocycles. The second kappa shape index (κ2) is 7.25. The van der Waals surface area contributed by atoms with Crippen molar-refractivity contribution < 1.29 is 9.59 Å². The van der Waals surface area contributed by atoms with Gasteiger partial charge in [-0.15, -0.1) is 0 Å². The number of rotatable bonds is 3. The number of hydrogen-bond donors (Lipinski definition) is 1. The van der Waals surface area contributed by atoms with Gasteiger partial charge in [-0.05, 0) is 25.7 Å². The lowest BCUT2D eigenvalue weighted by Gasteiger charge is -2.36. The molecule has 8 nitrogen and oxygen atoms in total. The van der Waals surface area contributed by atoms with Crippen LogP contribution < -0.4 is 5.32 Å². The zero-order chi connectivity index (χ0) is 18.0. The molecule has 3 fully saturated rings. The number of nitrogens with zero attached hydrogens (tertiary/aromatic N) is 5. The summed E-state index contributed by atoms with van der Waals surface area (Å²) in [6, 6.07) is 0.0770. The average Bonchev–Trinajstić information content (AvgIpc) is 2.93. The fourth-order valence-electron chi connectivity index (χ4n) is 3.62. The van der Waals surface area contributed by atoms with Crippen molar-refractivity contribution in [1.82, 2.24) is 24.7 Å². The number of urea groups is 1. The first-order chi connectivity index (χ1) is 12.0. The molecule has 25 heavy (non-hydrogen) atoms. The van der Waals surface area contributed by atoms with E-state index < -0.39 is 0 Å². The molecule has 136 valence electrons. The Morgan fingerprint density at radius 3 is 2.56 bits per heavy atom. The summed E-state index contributed by atoms with van der Waals surface area (Å²) in [5.74, 6) is 0.810. The second-order valence-electron chi connectivity index (χ2n) is 6.96. The highest BCUT2D eigenvalue weighted by molar-refractivity contribution is 5.94. The van der Waals surface area contributed by atoms with Crippen molar-refractivity contribution in [3.05, 3.63) is 18.0 Å². The molecule has 3 amide bonds. The molecule has 4 heterocycles. The van der Waals surface area contributed by atoms with E-state index in [2.05, 4.69) is 15.3 Å². The van der Waals surface area contributed by atoms with Crippen molar-refractivity contribution >= 4 is 17.9 Å². The van der Waals surface area contributed by atoms with Crippen molar-refractivity contribution in [3.8, 4) is 0 Å². The van der Waals surface area contributed by atoms with Crippen molar-refractivity contribution in [3.63, 3.8) is 0 Å². The molecule has 1 N–H and O–H groups in total. The third kappa shape index (κ3) is 3.67. The van der Waals surface area contributed by atoms with Crippen molar-refractivity contribution in [2.24, 2.45) is 5.92 Å². The molecule has 8 heteroatoms. The smallest absolute Gasteiger partial charge is 0.319 e. The Hall–Kier alpha value is -2.38. The van der Waals surface area contributed by atoms with E-state index in [1.165, 1.54) is 0 Å². The number of aromatic nitrogens is 2. The Kier molecular flexibility index (Phi) is 5.06. The molecule has 3 aliphatic rings. The maximum absolute atomic E-state index is 12.9. The molecule has 1 aromatic heterocycles. The van der Waals surface area contributed by atoms with Gasteiger partial charge in [0, 0.05) is 58.7 Å². The van der Waals surface area contributed by atoms with Crippen molar-refractivity contribution in [1.29, 1.82) is 0 Å². The molecule has 0 aromatic carbocycles. The van der Waals surface area contributed by atoms with E-state index in [0.717, 1.165) is 19.4 Å². The maximum atomic E-state index is 12.9. The van der Waals surface area contributed by atoms with E-state index in [1.54, 1.807) is 31.4 Å². The summed E-state index contributed by atoms with van der Waals surface area (Å²) in [5, 5.41) is 3.02. The topological polar surface area (TPSA) is 81.7 Å². The highest BCUT2D eigenvalue weighted by atomic mass is 16.2. The van der Waals surface area contributed by atoms with Gasteiger partial charge in [0.1, 0.15) is 0 Å². The van der Waals surface area contributed by atoms with Gasteiger partial charge in [-0.25, -0.2) is 14.8 Å². The molecule has 2 atom stereocenters. The molecule has 0 spiro atoms. The van der Waals surface area contributed by atoms with Gasteiger partial charge in [0.05, 0.1) is 5.56 Å². The zero-order valence-corrected chi connectivity index (χ0v) is 15.1. The molecule has 3 aliphatic heterocycles. The number of carbonyl (C=O) groups is 2. The van der Waals surface area contributed by atoms with E-state index in [1.807, 2.05) is 16.7 Å². The van der Waals surface area contributed by atoms with E-state index in [9.17, 15) is 9.59 Å². The van der Waals surface area contributed by atoms with Gasteiger partial charge in [0.2, 0.25) is 5.95 Å². The molecular weight excluding hydrogens is 320 g/mol. The summed E-state index contributed by atoms with van der Waals surface area (Å²) in [5.41, 5.74) is 0.500. The summed E-state index contributed by atoms with van der Waals surface area (Å²) in [7, 11) is 3.53. The van der Waals surface area contributed by atoms with Crippen LogP contribution in [0, 0.1) is 5.92 Å². The lowest BCUT2D eigenvalue weighted by atomic mass is 9.94. The quantitative estimate of drug-likeness (QED) is 0.887. The van der Waals surface area contributed by atoms with Gasteiger partial charge in [-0.1, -0.05) is 0 Å². The number of hydrogen-bond acceptors (Lipinski definition) is 5. The average molecular weight is 346 g/mol. The van der Waals surface area contributed by atoms with E-state index >= 15 is 0 Å². The minimum absolute atomic E-state index is 0.0181. The predicted molar refractivity (Wildman–Crippen MR) is 94.4 cm³/mol. The van der Waals surface area contributed by atoms with Crippen LogP contribution in [0.4, 0.5) is 10.7 Å². The lowest BCUT2D eigenvalue weighted by molar-refractivity contribution is 0.0585. The summed E-state index contributed by atoms with van der Waals surface area (Å²) < 4.78 is 0.